The minimum Gasteiger partial charge on any atom is -0.379 e. The van der Waals surface area contributed by atoms with E-state index in [9.17, 15) is 0 Å². The Morgan fingerprint density at radius 2 is 1.80 bits per heavy atom. The van der Waals surface area contributed by atoms with E-state index in [0.717, 1.165) is 38.9 Å². The minimum atomic E-state index is 0.229. The molecule has 2 fully saturated rings. The third kappa shape index (κ3) is 5.68. The van der Waals surface area contributed by atoms with Crippen LogP contribution < -0.4 is 5.32 Å². The van der Waals surface area contributed by atoms with Crippen LogP contribution in [0.25, 0.3) is 0 Å². The molecule has 4 heteroatoms. The molecule has 0 spiro atoms. The second-order valence-electron chi connectivity index (χ2n) is 7.27. The smallest absolute Gasteiger partial charge is 0.0594 e. The zero-order valence-electron chi connectivity index (χ0n) is 13.7. The van der Waals surface area contributed by atoms with Gasteiger partial charge in [-0.15, -0.1) is 0 Å². The maximum Gasteiger partial charge on any atom is 0.0594 e. The van der Waals surface area contributed by atoms with Gasteiger partial charge in [-0.2, -0.15) is 0 Å². The van der Waals surface area contributed by atoms with Gasteiger partial charge in [-0.3, -0.25) is 9.80 Å². The van der Waals surface area contributed by atoms with Crippen molar-refractivity contribution < 1.29 is 4.74 Å². The first-order valence-corrected chi connectivity index (χ1v) is 8.34. The molecule has 2 rings (SSSR count). The van der Waals surface area contributed by atoms with Crippen LogP contribution in [0.4, 0.5) is 0 Å². The van der Waals surface area contributed by atoms with Gasteiger partial charge in [0.2, 0.25) is 0 Å². The first-order valence-electron chi connectivity index (χ1n) is 8.34. The lowest BCUT2D eigenvalue weighted by Gasteiger charge is -2.39. The SMILES string of the molecule is CC(C)(C)NCC1CCCCN1CCN1CCOCC1. The number of nitrogens with zero attached hydrogens (tertiary/aromatic N) is 2. The van der Waals surface area contributed by atoms with Crippen molar-refractivity contribution in [2.24, 2.45) is 0 Å². The normalized spacial score (nSPS) is 26.9. The van der Waals surface area contributed by atoms with E-state index < -0.39 is 0 Å². The molecule has 0 aromatic heterocycles. The van der Waals surface area contributed by atoms with Crippen LogP contribution in [-0.2, 0) is 4.74 Å². The summed E-state index contributed by atoms with van der Waals surface area (Å²) in [6.45, 7) is 15.6. The quantitative estimate of drug-likeness (QED) is 0.829. The summed E-state index contributed by atoms with van der Waals surface area (Å²) in [7, 11) is 0. The number of piperidine rings is 1. The van der Waals surface area contributed by atoms with Crippen LogP contribution in [0.2, 0.25) is 0 Å². The van der Waals surface area contributed by atoms with E-state index in [-0.39, 0.29) is 5.54 Å². The highest BCUT2D eigenvalue weighted by Gasteiger charge is 2.24. The molecule has 0 bridgehead atoms. The molecule has 0 saturated carbocycles. The second-order valence-corrected chi connectivity index (χ2v) is 7.27. The average molecular weight is 283 g/mol. The third-order valence-electron chi connectivity index (χ3n) is 4.42. The lowest BCUT2D eigenvalue weighted by atomic mass is 10.0. The molecule has 20 heavy (non-hydrogen) atoms. The number of rotatable bonds is 5. The van der Waals surface area contributed by atoms with Gasteiger partial charge in [0.1, 0.15) is 0 Å². The topological polar surface area (TPSA) is 27.7 Å². The molecule has 2 heterocycles. The Morgan fingerprint density at radius 3 is 2.50 bits per heavy atom. The minimum absolute atomic E-state index is 0.229. The van der Waals surface area contributed by atoms with Crippen molar-refractivity contribution in [3.05, 3.63) is 0 Å². The lowest BCUT2D eigenvalue weighted by molar-refractivity contribution is 0.0280. The van der Waals surface area contributed by atoms with Crippen LogP contribution in [0.3, 0.4) is 0 Å². The van der Waals surface area contributed by atoms with Crippen LogP contribution in [0, 0.1) is 0 Å². The summed E-state index contributed by atoms with van der Waals surface area (Å²) in [5.74, 6) is 0. The Labute approximate surface area is 124 Å². The molecule has 0 radical (unpaired) electrons. The molecule has 2 aliphatic rings. The van der Waals surface area contributed by atoms with E-state index in [4.69, 9.17) is 4.74 Å². The summed E-state index contributed by atoms with van der Waals surface area (Å²) in [6, 6.07) is 0.726. The Morgan fingerprint density at radius 1 is 1.05 bits per heavy atom. The molecule has 1 atom stereocenters. The van der Waals surface area contributed by atoms with Crippen LogP contribution in [0.5, 0.6) is 0 Å². The summed E-state index contributed by atoms with van der Waals surface area (Å²) in [5, 5.41) is 3.68. The number of hydrogen-bond donors (Lipinski definition) is 1. The van der Waals surface area contributed by atoms with Gasteiger partial charge in [-0.25, -0.2) is 0 Å². The molecule has 4 nitrogen and oxygen atoms in total. The van der Waals surface area contributed by atoms with Gasteiger partial charge in [0.05, 0.1) is 13.2 Å². The van der Waals surface area contributed by atoms with Crippen LogP contribution >= 0.6 is 0 Å². The maximum absolute atomic E-state index is 5.42. The average Bonchev–Trinajstić information content (AvgIpc) is 2.44. The molecule has 0 aromatic rings. The van der Waals surface area contributed by atoms with Crippen LogP contribution in [0.15, 0.2) is 0 Å². The molecule has 0 aliphatic carbocycles. The van der Waals surface area contributed by atoms with Gasteiger partial charge < -0.3 is 10.1 Å². The highest BCUT2D eigenvalue weighted by atomic mass is 16.5. The first-order chi connectivity index (χ1) is 9.54. The molecular weight excluding hydrogens is 250 g/mol. The zero-order valence-corrected chi connectivity index (χ0v) is 13.7. The summed E-state index contributed by atoms with van der Waals surface area (Å²) >= 11 is 0. The molecule has 118 valence electrons. The molecule has 0 amide bonds. The van der Waals surface area contributed by atoms with E-state index in [2.05, 4.69) is 35.9 Å². The highest BCUT2D eigenvalue weighted by Crippen LogP contribution is 2.17. The molecule has 1 N–H and O–H groups in total. The molecule has 1 unspecified atom stereocenters. The van der Waals surface area contributed by atoms with E-state index >= 15 is 0 Å². The highest BCUT2D eigenvalue weighted by molar-refractivity contribution is 4.82. The number of ether oxygens (including phenoxy) is 1. The van der Waals surface area contributed by atoms with Gasteiger partial charge in [0.15, 0.2) is 0 Å². The number of morpholine rings is 1. The van der Waals surface area contributed by atoms with E-state index in [0.29, 0.717) is 0 Å². The van der Waals surface area contributed by atoms with Crippen molar-refractivity contribution in [1.29, 1.82) is 0 Å². The fraction of sp³-hybridized carbons (Fsp3) is 1.00. The Hall–Kier alpha value is -0.160. The van der Waals surface area contributed by atoms with Crippen molar-refractivity contribution in [3.63, 3.8) is 0 Å². The maximum atomic E-state index is 5.42. The second kappa shape index (κ2) is 7.74. The molecule has 2 aliphatic heterocycles. The summed E-state index contributed by atoms with van der Waals surface area (Å²) in [6.07, 6.45) is 4.12. The van der Waals surface area contributed by atoms with E-state index in [1.807, 2.05) is 0 Å². The first kappa shape index (κ1) is 16.2. The van der Waals surface area contributed by atoms with E-state index in [1.54, 1.807) is 0 Å². The monoisotopic (exact) mass is 283 g/mol. The predicted molar refractivity (Wildman–Crippen MR) is 84.2 cm³/mol. The summed E-state index contributed by atoms with van der Waals surface area (Å²) in [5.41, 5.74) is 0.229. The summed E-state index contributed by atoms with van der Waals surface area (Å²) in [4.78, 5) is 5.25. The Kier molecular flexibility index (Phi) is 6.27. The largest absolute Gasteiger partial charge is 0.379 e. The van der Waals surface area contributed by atoms with Crippen molar-refractivity contribution in [2.45, 2.75) is 51.6 Å². The lowest BCUT2D eigenvalue weighted by Crippen LogP contribution is -2.51. The zero-order chi connectivity index (χ0) is 14.4. The third-order valence-corrected chi connectivity index (χ3v) is 4.42. The van der Waals surface area contributed by atoms with Gasteiger partial charge in [0, 0.05) is 44.3 Å². The van der Waals surface area contributed by atoms with Gasteiger partial charge in [0.25, 0.3) is 0 Å². The Bertz CT molecular complexity index is 271. The van der Waals surface area contributed by atoms with Crippen LogP contribution in [0.1, 0.15) is 40.0 Å². The fourth-order valence-electron chi connectivity index (χ4n) is 3.10. The van der Waals surface area contributed by atoms with Gasteiger partial charge >= 0.3 is 0 Å². The standard InChI is InChI=1S/C16H33N3O/c1-16(2,3)17-14-15-6-4-5-7-19(15)9-8-18-10-12-20-13-11-18/h15,17H,4-14H2,1-3H3. The van der Waals surface area contributed by atoms with E-state index in [1.165, 1.54) is 38.9 Å². The number of likely N-dealkylation sites (tertiary alicyclic amines) is 1. The number of hydrogen-bond acceptors (Lipinski definition) is 4. The number of nitrogens with one attached hydrogen (secondary N) is 1. The van der Waals surface area contributed by atoms with Gasteiger partial charge in [-0.1, -0.05) is 6.42 Å². The summed E-state index contributed by atoms with van der Waals surface area (Å²) < 4.78 is 5.42. The predicted octanol–water partition coefficient (Wildman–Crippen LogP) is 1.56. The van der Waals surface area contributed by atoms with Crippen molar-refractivity contribution in [3.8, 4) is 0 Å². The van der Waals surface area contributed by atoms with Crippen LogP contribution in [-0.4, -0.2) is 73.9 Å². The van der Waals surface area contributed by atoms with Crippen molar-refractivity contribution in [1.82, 2.24) is 15.1 Å². The molecular formula is C16H33N3O. The molecule has 0 aromatic carbocycles. The van der Waals surface area contributed by atoms with Gasteiger partial charge in [-0.05, 0) is 40.2 Å². The molecule has 2 saturated heterocycles. The van der Waals surface area contributed by atoms with Crippen molar-refractivity contribution in [2.75, 3.05) is 52.5 Å². The Balaban J connectivity index is 1.74. The fourth-order valence-corrected chi connectivity index (χ4v) is 3.10. The van der Waals surface area contributed by atoms with Crippen molar-refractivity contribution >= 4 is 0 Å².